The molecule has 0 atom stereocenters. The van der Waals surface area contributed by atoms with Crippen molar-refractivity contribution in [1.82, 2.24) is 0 Å². The topological polar surface area (TPSA) is 27.6 Å². The van der Waals surface area contributed by atoms with Gasteiger partial charge in [-0.05, 0) is 19.3 Å². The van der Waals surface area contributed by atoms with Crippen LogP contribution in [0.5, 0.6) is 0 Å². The number of alkyl halides is 3. The molecule has 1 aliphatic rings. The molecule has 0 radical (unpaired) electrons. The molecule has 1 aliphatic carbocycles. The number of hydrogen-bond donors (Lipinski definition) is 1. The summed E-state index contributed by atoms with van der Waals surface area (Å²) in [4.78, 5) is 0.384. The molecule has 0 spiro atoms. The average molecular weight is 208 g/mol. The number of fused-ring (bicyclic) bond motifs is 1. The predicted molar refractivity (Wildman–Crippen MR) is 43.9 cm³/mol. The smallest absolute Gasteiger partial charge is 0.324 e. The number of thiophene rings is 1. The highest BCUT2D eigenvalue weighted by Crippen LogP contribution is 2.44. The lowest BCUT2D eigenvalue weighted by Gasteiger charge is -2.02. The highest BCUT2D eigenvalue weighted by molar-refractivity contribution is 7.12. The Hall–Kier alpha value is -0.550. The minimum Gasteiger partial charge on any atom is -0.324 e. The Bertz CT molecular complexity index is 340. The fourth-order valence-electron chi connectivity index (χ4n) is 1.70. The average Bonchev–Trinajstić information content (AvgIpc) is 2.51. The second kappa shape index (κ2) is 2.72. The molecule has 1 aromatic rings. The van der Waals surface area contributed by atoms with Gasteiger partial charge in [0.05, 0.1) is 0 Å². The van der Waals surface area contributed by atoms with Gasteiger partial charge in [-0.1, -0.05) is 0 Å². The van der Waals surface area contributed by atoms with Crippen molar-refractivity contribution in [3.8, 4) is 0 Å². The fourth-order valence-corrected chi connectivity index (χ4v) is 2.90. The van der Waals surface area contributed by atoms with E-state index in [-0.39, 0.29) is 5.69 Å². The van der Waals surface area contributed by atoms with Crippen molar-refractivity contribution in [2.45, 2.75) is 25.4 Å². The molecule has 1 heterocycles. The predicted octanol–water partition coefficient (Wildman–Crippen LogP) is 2.13. The molecule has 1 nitrogen and oxygen atoms in total. The summed E-state index contributed by atoms with van der Waals surface area (Å²) in [6, 6.07) is 0. The summed E-state index contributed by atoms with van der Waals surface area (Å²) >= 11 is 0.868. The van der Waals surface area contributed by atoms with E-state index in [1.807, 2.05) is 0 Å². The molecule has 1 aromatic heterocycles. The third kappa shape index (κ3) is 1.36. The summed E-state index contributed by atoms with van der Waals surface area (Å²) in [5.41, 5.74) is 4.57. The van der Waals surface area contributed by atoms with Crippen LogP contribution < -0.4 is 5.73 Å². The van der Waals surface area contributed by atoms with Gasteiger partial charge in [-0.15, -0.1) is 11.3 Å². The standard InChI is InChI=1S/C8H8F3NS/c9-8(10,11)7-6(12)4-2-1-3-5(4)13-7/h1-3,12H2/p+1. The third-order valence-electron chi connectivity index (χ3n) is 2.29. The maximum absolute atomic E-state index is 12.4. The van der Waals surface area contributed by atoms with Crippen molar-refractivity contribution < 1.29 is 18.9 Å². The second-order valence-electron chi connectivity index (χ2n) is 3.16. The van der Waals surface area contributed by atoms with Gasteiger partial charge in [-0.25, -0.2) is 0 Å². The van der Waals surface area contributed by atoms with Crippen LogP contribution in [0.1, 0.15) is 21.7 Å². The normalized spacial score (nSPS) is 16.3. The molecule has 0 aromatic carbocycles. The van der Waals surface area contributed by atoms with E-state index in [1.54, 1.807) is 0 Å². The molecule has 3 N–H and O–H groups in total. The Morgan fingerprint density at radius 3 is 2.46 bits per heavy atom. The maximum Gasteiger partial charge on any atom is 0.431 e. The largest absolute Gasteiger partial charge is 0.431 e. The van der Waals surface area contributed by atoms with Crippen LogP contribution in [-0.4, -0.2) is 0 Å². The molecular weight excluding hydrogens is 199 g/mol. The van der Waals surface area contributed by atoms with Crippen molar-refractivity contribution in [2.24, 2.45) is 0 Å². The Morgan fingerprint density at radius 1 is 1.23 bits per heavy atom. The minimum absolute atomic E-state index is 0.213. The molecular formula is C8H9F3NS+. The summed E-state index contributed by atoms with van der Waals surface area (Å²) in [6.07, 6.45) is -1.69. The van der Waals surface area contributed by atoms with Crippen molar-refractivity contribution in [2.75, 3.05) is 0 Å². The lowest BCUT2D eigenvalue weighted by molar-refractivity contribution is -0.262. The van der Waals surface area contributed by atoms with Crippen LogP contribution >= 0.6 is 11.3 Å². The van der Waals surface area contributed by atoms with Gasteiger partial charge < -0.3 is 5.73 Å². The van der Waals surface area contributed by atoms with E-state index >= 15 is 0 Å². The quantitative estimate of drug-likeness (QED) is 0.676. The number of quaternary nitrogens is 1. The molecule has 5 heteroatoms. The van der Waals surface area contributed by atoms with E-state index in [2.05, 4.69) is 5.73 Å². The second-order valence-corrected chi connectivity index (χ2v) is 4.27. The summed E-state index contributed by atoms with van der Waals surface area (Å²) in [7, 11) is 0. The van der Waals surface area contributed by atoms with Crippen molar-refractivity contribution in [1.29, 1.82) is 0 Å². The zero-order chi connectivity index (χ0) is 9.64. The molecule has 13 heavy (non-hydrogen) atoms. The van der Waals surface area contributed by atoms with E-state index in [0.29, 0.717) is 0 Å². The highest BCUT2D eigenvalue weighted by Gasteiger charge is 2.40. The van der Waals surface area contributed by atoms with Crippen molar-refractivity contribution >= 4 is 17.0 Å². The van der Waals surface area contributed by atoms with E-state index in [9.17, 15) is 13.2 Å². The fraction of sp³-hybridized carbons (Fsp3) is 0.500. The Balaban J connectivity index is 2.51. The van der Waals surface area contributed by atoms with E-state index < -0.39 is 11.1 Å². The SMILES string of the molecule is [NH3+]c1c(C(F)(F)F)sc2c1CCC2. The Kier molecular flexibility index (Phi) is 1.89. The molecule has 2 rings (SSSR count). The zero-order valence-electron chi connectivity index (χ0n) is 6.87. The molecule has 0 unspecified atom stereocenters. The van der Waals surface area contributed by atoms with Gasteiger partial charge in [-0.2, -0.15) is 13.2 Å². The van der Waals surface area contributed by atoms with Crippen molar-refractivity contribution in [3.05, 3.63) is 15.3 Å². The first kappa shape index (κ1) is 9.02. The van der Waals surface area contributed by atoms with Crippen molar-refractivity contribution in [3.63, 3.8) is 0 Å². The third-order valence-corrected chi connectivity index (χ3v) is 3.67. The minimum atomic E-state index is -4.22. The van der Waals surface area contributed by atoms with Crippen LogP contribution in [0.15, 0.2) is 0 Å². The van der Waals surface area contributed by atoms with Crippen LogP contribution in [0, 0.1) is 0 Å². The Labute approximate surface area is 77.4 Å². The molecule has 0 fully saturated rings. The first-order chi connectivity index (χ1) is 6.00. The van der Waals surface area contributed by atoms with Gasteiger partial charge in [-0.3, -0.25) is 0 Å². The van der Waals surface area contributed by atoms with Gasteiger partial charge in [0.1, 0.15) is 0 Å². The van der Waals surface area contributed by atoms with Crippen LogP contribution in [0.3, 0.4) is 0 Å². The number of rotatable bonds is 0. The Morgan fingerprint density at radius 2 is 1.92 bits per heavy atom. The van der Waals surface area contributed by atoms with E-state index in [1.165, 1.54) is 0 Å². The van der Waals surface area contributed by atoms with Crippen LogP contribution in [0.2, 0.25) is 0 Å². The van der Waals surface area contributed by atoms with Gasteiger partial charge >= 0.3 is 6.18 Å². The first-order valence-electron chi connectivity index (χ1n) is 4.04. The lowest BCUT2D eigenvalue weighted by Crippen LogP contribution is -2.42. The molecule has 0 saturated carbocycles. The molecule has 0 amide bonds. The number of halogens is 3. The van der Waals surface area contributed by atoms with Gasteiger partial charge in [0, 0.05) is 10.4 Å². The maximum atomic E-state index is 12.4. The molecule has 0 aliphatic heterocycles. The first-order valence-corrected chi connectivity index (χ1v) is 4.85. The van der Waals surface area contributed by atoms with Crippen LogP contribution in [-0.2, 0) is 19.0 Å². The van der Waals surface area contributed by atoms with E-state index in [4.69, 9.17) is 0 Å². The van der Waals surface area contributed by atoms with Gasteiger partial charge in [0.15, 0.2) is 10.6 Å². The zero-order valence-corrected chi connectivity index (χ0v) is 7.69. The lowest BCUT2D eigenvalue weighted by atomic mass is 10.2. The highest BCUT2D eigenvalue weighted by atomic mass is 32.1. The van der Waals surface area contributed by atoms with E-state index in [0.717, 1.165) is 41.0 Å². The van der Waals surface area contributed by atoms with Crippen LogP contribution in [0.4, 0.5) is 18.9 Å². The molecule has 72 valence electrons. The monoisotopic (exact) mass is 208 g/mol. The summed E-state index contributed by atoms with van der Waals surface area (Å²) in [5.74, 6) is 0. The summed E-state index contributed by atoms with van der Waals surface area (Å²) < 4.78 is 37.1. The molecule has 0 bridgehead atoms. The number of hydrogen-bond acceptors (Lipinski definition) is 1. The number of aryl methyl sites for hydroxylation is 1. The van der Waals surface area contributed by atoms with Gasteiger partial charge in [0.2, 0.25) is 0 Å². The van der Waals surface area contributed by atoms with Crippen LogP contribution in [0.25, 0.3) is 0 Å². The summed E-state index contributed by atoms with van der Waals surface area (Å²) in [5, 5.41) is 0. The van der Waals surface area contributed by atoms with Gasteiger partial charge in [0.25, 0.3) is 0 Å². The summed E-state index contributed by atoms with van der Waals surface area (Å²) in [6.45, 7) is 0. The molecule has 0 saturated heterocycles.